The first kappa shape index (κ1) is 20.8. The number of fused-ring (bicyclic) bond motifs is 3. The summed E-state index contributed by atoms with van der Waals surface area (Å²) in [4.78, 5) is 29.3. The lowest BCUT2D eigenvalue weighted by Crippen LogP contribution is -2.65. The predicted octanol–water partition coefficient (Wildman–Crippen LogP) is 5.24. The van der Waals surface area contributed by atoms with Crippen molar-refractivity contribution in [2.75, 3.05) is 4.90 Å². The third-order valence-electron chi connectivity index (χ3n) is 7.19. The average Bonchev–Trinajstić information content (AvgIpc) is 3.42. The van der Waals surface area contributed by atoms with Crippen LogP contribution in [0.2, 0.25) is 0 Å². The molecule has 1 aliphatic carbocycles. The highest BCUT2D eigenvalue weighted by molar-refractivity contribution is 6.14. The van der Waals surface area contributed by atoms with Crippen LogP contribution >= 0.6 is 0 Å². The molecule has 5 rings (SSSR count). The number of nitrogens with zero attached hydrogens (tertiary/aromatic N) is 2. The molecule has 0 saturated heterocycles. The van der Waals surface area contributed by atoms with Gasteiger partial charge >= 0.3 is 0 Å². The fourth-order valence-electron chi connectivity index (χ4n) is 5.27. The number of nitrogens with one attached hydrogen (secondary N) is 1. The molecule has 2 aromatic carbocycles. The van der Waals surface area contributed by atoms with Gasteiger partial charge in [-0.1, -0.05) is 57.0 Å². The summed E-state index contributed by atoms with van der Waals surface area (Å²) in [5.41, 5.74) is 2.58. The highest BCUT2D eigenvalue weighted by Gasteiger charge is 2.49. The second-order valence-electron chi connectivity index (χ2n) is 9.79. The number of hydrogen-bond donors (Lipinski definition) is 1. The molecule has 2 amide bonds. The van der Waals surface area contributed by atoms with Crippen molar-refractivity contribution < 1.29 is 9.59 Å². The van der Waals surface area contributed by atoms with Crippen LogP contribution in [0.15, 0.2) is 54.6 Å². The van der Waals surface area contributed by atoms with Crippen LogP contribution < -0.4 is 10.2 Å². The number of carbonyl (C=O) groups excluding carboxylic acids is 2. The lowest BCUT2D eigenvalue weighted by Gasteiger charge is -2.44. The monoisotopic (exact) mass is 429 g/mol. The molecular formula is C27H31N3O2. The number of para-hydroxylation sites is 1. The minimum atomic E-state index is -1.02. The van der Waals surface area contributed by atoms with Gasteiger partial charge in [0, 0.05) is 22.6 Å². The van der Waals surface area contributed by atoms with E-state index in [1.807, 2.05) is 54.0 Å². The summed E-state index contributed by atoms with van der Waals surface area (Å²) >= 11 is 0. The van der Waals surface area contributed by atoms with Gasteiger partial charge < -0.3 is 9.88 Å². The van der Waals surface area contributed by atoms with Gasteiger partial charge in [0.05, 0.1) is 6.54 Å². The Hall–Kier alpha value is -3.08. The molecule has 1 unspecified atom stereocenters. The first-order chi connectivity index (χ1) is 15.4. The largest absolute Gasteiger partial charge is 0.351 e. The maximum absolute atomic E-state index is 13.9. The Kier molecular flexibility index (Phi) is 5.07. The predicted molar refractivity (Wildman–Crippen MR) is 128 cm³/mol. The highest BCUT2D eigenvalue weighted by Crippen LogP contribution is 2.36. The summed E-state index contributed by atoms with van der Waals surface area (Å²) in [5, 5.41) is 4.28. The van der Waals surface area contributed by atoms with E-state index in [1.165, 1.54) is 5.56 Å². The Morgan fingerprint density at radius 2 is 1.75 bits per heavy atom. The number of rotatable bonds is 4. The zero-order chi connectivity index (χ0) is 22.5. The molecule has 2 aliphatic rings. The molecule has 1 aromatic heterocycles. The maximum atomic E-state index is 13.9. The van der Waals surface area contributed by atoms with Gasteiger partial charge in [-0.3, -0.25) is 14.5 Å². The van der Waals surface area contributed by atoms with Gasteiger partial charge in [0.15, 0.2) is 0 Å². The number of carbonyl (C=O) groups is 2. The third kappa shape index (κ3) is 3.31. The molecular weight excluding hydrogens is 398 g/mol. The summed E-state index contributed by atoms with van der Waals surface area (Å²) in [7, 11) is 0. The van der Waals surface area contributed by atoms with E-state index in [0.29, 0.717) is 18.2 Å². The Bertz CT molecular complexity index is 1170. The minimum Gasteiger partial charge on any atom is -0.351 e. The van der Waals surface area contributed by atoms with Gasteiger partial charge in [0.1, 0.15) is 11.2 Å². The van der Waals surface area contributed by atoms with Crippen molar-refractivity contribution in [2.45, 2.75) is 70.5 Å². The van der Waals surface area contributed by atoms with Gasteiger partial charge in [-0.05, 0) is 55.5 Å². The summed E-state index contributed by atoms with van der Waals surface area (Å²) in [5.74, 6) is 0.198. The number of aromatic nitrogens is 1. The normalized spacial score (nSPS) is 21.4. The molecule has 1 aliphatic heterocycles. The van der Waals surface area contributed by atoms with Crippen LogP contribution in [0.4, 0.5) is 5.69 Å². The van der Waals surface area contributed by atoms with Crippen LogP contribution in [0.1, 0.15) is 68.4 Å². The second kappa shape index (κ2) is 7.80. The van der Waals surface area contributed by atoms with Crippen LogP contribution in [0.25, 0.3) is 10.9 Å². The molecule has 1 saturated carbocycles. The van der Waals surface area contributed by atoms with Crippen molar-refractivity contribution in [3.63, 3.8) is 0 Å². The van der Waals surface area contributed by atoms with Crippen LogP contribution in [-0.2, 0) is 11.3 Å². The van der Waals surface area contributed by atoms with E-state index in [2.05, 4.69) is 31.3 Å². The summed E-state index contributed by atoms with van der Waals surface area (Å²) in [6.45, 7) is 6.63. The van der Waals surface area contributed by atoms with E-state index < -0.39 is 5.54 Å². The molecule has 166 valence electrons. The lowest BCUT2D eigenvalue weighted by atomic mass is 9.92. The topological polar surface area (TPSA) is 54.3 Å². The Labute approximate surface area is 189 Å². The van der Waals surface area contributed by atoms with E-state index in [9.17, 15) is 9.59 Å². The molecule has 3 aromatic rings. The highest BCUT2D eigenvalue weighted by atomic mass is 16.2. The standard InChI is InChI=1S/C27H31N3O2/c1-18(2)19-12-14-22(15-13-19)30-25(31)24-16-20-8-4-7-11-23(20)29(24)17-27(30,3)26(32)28-21-9-5-6-10-21/h4,7-8,11-16,18,21H,5-6,9-10,17H2,1-3H3,(H,28,32). The number of benzene rings is 2. The zero-order valence-corrected chi connectivity index (χ0v) is 19.1. The van der Waals surface area contributed by atoms with Crippen molar-refractivity contribution in [3.8, 4) is 0 Å². The average molecular weight is 430 g/mol. The summed E-state index contributed by atoms with van der Waals surface area (Å²) in [6, 6.07) is 18.2. The van der Waals surface area contributed by atoms with Gasteiger partial charge in [-0.2, -0.15) is 0 Å². The number of amides is 2. The molecule has 2 heterocycles. The fourth-order valence-corrected chi connectivity index (χ4v) is 5.27. The van der Waals surface area contributed by atoms with Crippen LogP contribution in [0, 0.1) is 0 Å². The summed E-state index contributed by atoms with van der Waals surface area (Å²) in [6.07, 6.45) is 4.31. The molecule has 5 heteroatoms. The maximum Gasteiger partial charge on any atom is 0.275 e. The van der Waals surface area contributed by atoms with Crippen molar-refractivity contribution >= 4 is 28.4 Å². The smallest absolute Gasteiger partial charge is 0.275 e. The van der Waals surface area contributed by atoms with Gasteiger partial charge in [0.25, 0.3) is 5.91 Å². The van der Waals surface area contributed by atoms with E-state index in [-0.39, 0.29) is 17.9 Å². The Morgan fingerprint density at radius 3 is 2.44 bits per heavy atom. The Balaban J connectivity index is 1.61. The molecule has 1 fully saturated rings. The number of anilines is 1. The van der Waals surface area contributed by atoms with Crippen molar-refractivity contribution in [2.24, 2.45) is 0 Å². The van der Waals surface area contributed by atoms with Gasteiger partial charge in [-0.15, -0.1) is 0 Å². The van der Waals surface area contributed by atoms with Crippen LogP contribution in [0.3, 0.4) is 0 Å². The number of hydrogen-bond acceptors (Lipinski definition) is 2. The molecule has 5 nitrogen and oxygen atoms in total. The fraction of sp³-hybridized carbons (Fsp3) is 0.407. The first-order valence-electron chi connectivity index (χ1n) is 11.7. The van der Waals surface area contributed by atoms with Crippen LogP contribution in [-0.4, -0.2) is 28.0 Å². The van der Waals surface area contributed by atoms with E-state index >= 15 is 0 Å². The minimum absolute atomic E-state index is 0.0749. The molecule has 0 bridgehead atoms. The van der Waals surface area contributed by atoms with E-state index in [1.54, 1.807) is 4.90 Å². The summed E-state index contributed by atoms with van der Waals surface area (Å²) < 4.78 is 2.02. The van der Waals surface area contributed by atoms with Crippen molar-refractivity contribution in [1.29, 1.82) is 0 Å². The molecule has 0 spiro atoms. The van der Waals surface area contributed by atoms with E-state index in [0.717, 1.165) is 42.3 Å². The molecule has 32 heavy (non-hydrogen) atoms. The Morgan fingerprint density at radius 1 is 1.06 bits per heavy atom. The van der Waals surface area contributed by atoms with Gasteiger partial charge in [-0.25, -0.2) is 0 Å². The van der Waals surface area contributed by atoms with E-state index in [4.69, 9.17) is 0 Å². The molecule has 1 N–H and O–H groups in total. The van der Waals surface area contributed by atoms with Gasteiger partial charge in [0.2, 0.25) is 5.91 Å². The lowest BCUT2D eigenvalue weighted by molar-refractivity contribution is -0.127. The van der Waals surface area contributed by atoms with Crippen molar-refractivity contribution in [1.82, 2.24) is 9.88 Å². The molecule has 1 atom stereocenters. The second-order valence-corrected chi connectivity index (χ2v) is 9.79. The SMILES string of the molecule is CC(C)c1ccc(N2C(=O)c3cc4ccccc4n3CC2(C)C(=O)NC2CCCC2)cc1. The molecule has 0 radical (unpaired) electrons. The third-order valence-corrected chi connectivity index (χ3v) is 7.19. The van der Waals surface area contributed by atoms with Crippen LogP contribution in [0.5, 0.6) is 0 Å². The first-order valence-corrected chi connectivity index (χ1v) is 11.7. The quantitative estimate of drug-likeness (QED) is 0.616. The zero-order valence-electron chi connectivity index (χ0n) is 19.1. The van der Waals surface area contributed by atoms with Crippen molar-refractivity contribution in [3.05, 3.63) is 65.9 Å².